The van der Waals surface area contributed by atoms with Gasteiger partial charge in [-0.3, -0.25) is 9.69 Å². The van der Waals surface area contributed by atoms with Gasteiger partial charge in [-0.25, -0.2) is 0 Å². The van der Waals surface area contributed by atoms with Crippen molar-refractivity contribution >= 4 is 5.91 Å². The molecule has 1 aromatic carbocycles. The van der Waals surface area contributed by atoms with Gasteiger partial charge in [0, 0.05) is 13.1 Å². The molecular weight excluding hydrogens is 204 g/mol. The van der Waals surface area contributed by atoms with E-state index >= 15 is 0 Å². The fourth-order valence-electron chi connectivity index (χ4n) is 2.07. The van der Waals surface area contributed by atoms with Crippen LogP contribution >= 0.6 is 0 Å². The van der Waals surface area contributed by atoms with Gasteiger partial charge in [0.15, 0.2) is 0 Å². The minimum Gasteiger partial charge on any atom is -0.497 e. The van der Waals surface area contributed by atoms with Gasteiger partial charge in [-0.15, -0.1) is 0 Å². The van der Waals surface area contributed by atoms with Crippen LogP contribution in [0.4, 0.5) is 0 Å². The van der Waals surface area contributed by atoms with Gasteiger partial charge >= 0.3 is 0 Å². The van der Waals surface area contributed by atoms with E-state index in [4.69, 9.17) is 10.5 Å². The van der Waals surface area contributed by atoms with Crippen LogP contribution in [-0.4, -0.2) is 31.0 Å². The van der Waals surface area contributed by atoms with Gasteiger partial charge in [0.05, 0.1) is 13.7 Å². The summed E-state index contributed by atoms with van der Waals surface area (Å²) in [4.78, 5) is 12.9. The van der Waals surface area contributed by atoms with E-state index in [1.807, 2.05) is 6.07 Å². The monoisotopic (exact) mass is 220 g/mol. The van der Waals surface area contributed by atoms with Crippen molar-refractivity contribution < 1.29 is 9.53 Å². The first kappa shape index (κ1) is 11.0. The van der Waals surface area contributed by atoms with Crippen molar-refractivity contribution in [2.75, 3.05) is 20.2 Å². The van der Waals surface area contributed by atoms with Gasteiger partial charge in [0.25, 0.3) is 0 Å². The molecule has 0 aliphatic carbocycles. The van der Waals surface area contributed by atoms with E-state index in [0.717, 1.165) is 25.3 Å². The molecule has 4 heteroatoms. The number of amides is 1. The van der Waals surface area contributed by atoms with Gasteiger partial charge in [-0.2, -0.15) is 0 Å². The number of benzene rings is 1. The second kappa shape index (κ2) is 4.53. The summed E-state index contributed by atoms with van der Waals surface area (Å²) in [7, 11) is 1.67. The molecule has 0 fully saturated rings. The lowest BCUT2D eigenvalue weighted by atomic mass is 9.99. The van der Waals surface area contributed by atoms with Crippen LogP contribution in [0.1, 0.15) is 11.1 Å². The molecule has 0 saturated heterocycles. The maximum atomic E-state index is 10.8. The highest BCUT2D eigenvalue weighted by molar-refractivity contribution is 5.75. The summed E-state index contributed by atoms with van der Waals surface area (Å²) in [5, 5.41) is 0. The van der Waals surface area contributed by atoms with E-state index in [-0.39, 0.29) is 5.91 Å². The number of hydrogen-bond acceptors (Lipinski definition) is 3. The van der Waals surface area contributed by atoms with Crippen LogP contribution in [0.2, 0.25) is 0 Å². The van der Waals surface area contributed by atoms with Crippen LogP contribution < -0.4 is 10.5 Å². The van der Waals surface area contributed by atoms with Gasteiger partial charge in [-0.1, -0.05) is 6.07 Å². The molecule has 2 rings (SSSR count). The Kier molecular flexibility index (Phi) is 3.10. The summed E-state index contributed by atoms with van der Waals surface area (Å²) >= 11 is 0. The highest BCUT2D eigenvalue weighted by Crippen LogP contribution is 2.23. The van der Waals surface area contributed by atoms with E-state index in [0.29, 0.717) is 6.54 Å². The average molecular weight is 220 g/mol. The van der Waals surface area contributed by atoms with Crippen molar-refractivity contribution in [3.63, 3.8) is 0 Å². The van der Waals surface area contributed by atoms with Crippen molar-refractivity contribution in [1.82, 2.24) is 4.90 Å². The lowest BCUT2D eigenvalue weighted by Gasteiger charge is -2.27. The van der Waals surface area contributed by atoms with Crippen LogP contribution in [0, 0.1) is 0 Å². The molecule has 0 unspecified atom stereocenters. The van der Waals surface area contributed by atoms with Crippen molar-refractivity contribution in [3.05, 3.63) is 29.3 Å². The number of nitrogens with two attached hydrogens (primary N) is 1. The second-order valence-electron chi connectivity index (χ2n) is 4.06. The summed E-state index contributed by atoms with van der Waals surface area (Å²) in [6.07, 6.45) is 0.944. The minimum absolute atomic E-state index is 0.267. The predicted molar refractivity (Wildman–Crippen MR) is 61.2 cm³/mol. The molecule has 1 amide bonds. The fourth-order valence-corrected chi connectivity index (χ4v) is 2.07. The zero-order valence-electron chi connectivity index (χ0n) is 9.40. The number of carbonyl (C=O) groups excluding carboxylic acids is 1. The quantitative estimate of drug-likeness (QED) is 0.808. The zero-order chi connectivity index (χ0) is 11.5. The van der Waals surface area contributed by atoms with Crippen LogP contribution in [-0.2, 0) is 17.8 Å². The van der Waals surface area contributed by atoms with Crippen LogP contribution in [0.25, 0.3) is 0 Å². The Morgan fingerprint density at radius 1 is 1.50 bits per heavy atom. The van der Waals surface area contributed by atoms with E-state index in [9.17, 15) is 4.79 Å². The number of methoxy groups -OCH3 is 1. The van der Waals surface area contributed by atoms with E-state index in [1.54, 1.807) is 7.11 Å². The Morgan fingerprint density at radius 2 is 2.31 bits per heavy atom. The second-order valence-corrected chi connectivity index (χ2v) is 4.06. The molecule has 0 bridgehead atoms. The zero-order valence-corrected chi connectivity index (χ0v) is 9.40. The largest absolute Gasteiger partial charge is 0.497 e. The van der Waals surface area contributed by atoms with Crippen LogP contribution in [0.5, 0.6) is 5.75 Å². The van der Waals surface area contributed by atoms with E-state index in [2.05, 4.69) is 17.0 Å². The number of ether oxygens (including phenoxy) is 1. The molecule has 1 aromatic rings. The number of carbonyl (C=O) groups is 1. The molecule has 86 valence electrons. The first-order valence-corrected chi connectivity index (χ1v) is 5.35. The number of fused-ring (bicyclic) bond motifs is 1. The Bertz CT molecular complexity index is 404. The lowest BCUT2D eigenvalue weighted by Crippen LogP contribution is -2.37. The molecule has 4 nitrogen and oxygen atoms in total. The van der Waals surface area contributed by atoms with Crippen molar-refractivity contribution in [3.8, 4) is 5.75 Å². The number of rotatable bonds is 3. The van der Waals surface area contributed by atoms with E-state index in [1.165, 1.54) is 11.1 Å². The third-order valence-corrected chi connectivity index (χ3v) is 2.88. The van der Waals surface area contributed by atoms with Gasteiger partial charge < -0.3 is 10.5 Å². The molecule has 2 N–H and O–H groups in total. The Balaban J connectivity index is 2.12. The Morgan fingerprint density at radius 3 is 3.00 bits per heavy atom. The molecule has 0 atom stereocenters. The molecule has 1 heterocycles. The molecular formula is C12H16N2O2. The van der Waals surface area contributed by atoms with Crippen LogP contribution in [0.15, 0.2) is 18.2 Å². The highest BCUT2D eigenvalue weighted by atomic mass is 16.5. The standard InChI is InChI=1S/C12H16N2O2/c1-16-11-3-2-10-7-14(8-12(13)15)5-4-9(10)6-11/h2-3,6H,4-5,7-8H2,1H3,(H2,13,15). The molecule has 0 spiro atoms. The van der Waals surface area contributed by atoms with Gasteiger partial charge in [0.2, 0.25) is 5.91 Å². The van der Waals surface area contributed by atoms with E-state index < -0.39 is 0 Å². The van der Waals surface area contributed by atoms with Crippen molar-refractivity contribution in [2.24, 2.45) is 5.73 Å². The molecule has 1 aliphatic rings. The molecule has 0 aromatic heterocycles. The van der Waals surface area contributed by atoms with Gasteiger partial charge in [-0.05, 0) is 29.7 Å². The molecule has 0 saturated carbocycles. The normalized spacial score (nSPS) is 15.6. The topological polar surface area (TPSA) is 55.6 Å². The Hall–Kier alpha value is -1.55. The first-order chi connectivity index (χ1) is 7.69. The summed E-state index contributed by atoms with van der Waals surface area (Å²) in [6, 6.07) is 6.07. The number of primary amides is 1. The van der Waals surface area contributed by atoms with Crippen molar-refractivity contribution in [1.29, 1.82) is 0 Å². The van der Waals surface area contributed by atoms with Crippen LogP contribution in [0.3, 0.4) is 0 Å². The molecule has 16 heavy (non-hydrogen) atoms. The minimum atomic E-state index is -0.267. The summed E-state index contributed by atoms with van der Waals surface area (Å²) < 4.78 is 5.18. The smallest absolute Gasteiger partial charge is 0.231 e. The van der Waals surface area contributed by atoms with Crippen molar-refractivity contribution in [2.45, 2.75) is 13.0 Å². The maximum Gasteiger partial charge on any atom is 0.231 e. The summed E-state index contributed by atoms with van der Waals surface area (Å²) in [6.45, 7) is 2.01. The maximum absolute atomic E-state index is 10.8. The Labute approximate surface area is 95.0 Å². The predicted octanol–water partition coefficient (Wildman–Crippen LogP) is 0.539. The third-order valence-electron chi connectivity index (χ3n) is 2.88. The third kappa shape index (κ3) is 2.33. The lowest BCUT2D eigenvalue weighted by molar-refractivity contribution is -0.119. The van der Waals surface area contributed by atoms with Gasteiger partial charge in [0.1, 0.15) is 5.75 Å². The summed E-state index contributed by atoms with van der Waals surface area (Å²) in [5.41, 5.74) is 7.75. The molecule has 0 radical (unpaired) electrons. The summed E-state index contributed by atoms with van der Waals surface area (Å²) in [5.74, 6) is 0.624. The highest BCUT2D eigenvalue weighted by Gasteiger charge is 2.17. The SMILES string of the molecule is COc1ccc2c(c1)CCN(CC(N)=O)C2. The number of hydrogen-bond donors (Lipinski definition) is 1. The average Bonchev–Trinajstić information content (AvgIpc) is 2.27. The number of nitrogens with zero attached hydrogens (tertiary/aromatic N) is 1. The molecule has 1 aliphatic heterocycles. The fraction of sp³-hybridized carbons (Fsp3) is 0.417. The first-order valence-electron chi connectivity index (χ1n) is 5.35.